The fraction of sp³-hybridized carbons (Fsp3) is 0.0833. The maximum atomic E-state index is 11.9. The number of hydrazone groups is 1. The Balaban J connectivity index is 2.09. The molecule has 1 aromatic carbocycles. The molecule has 2 aromatic rings. The molecular weight excluding hydrogens is 304 g/mol. The van der Waals surface area contributed by atoms with Crippen LogP contribution < -0.4 is 4.83 Å². The van der Waals surface area contributed by atoms with Crippen LogP contribution in [0.1, 0.15) is 10.4 Å². The molecule has 1 heterocycles. The lowest BCUT2D eigenvalue weighted by atomic mass is 10.2. The largest absolute Gasteiger partial charge is 0.276 e. The van der Waals surface area contributed by atoms with Crippen LogP contribution in [0.4, 0.5) is 0 Å². The van der Waals surface area contributed by atoms with Crippen molar-refractivity contribution in [1.82, 2.24) is 4.83 Å². The third kappa shape index (κ3) is 3.79. The van der Waals surface area contributed by atoms with E-state index in [9.17, 15) is 8.42 Å². The Kier molecular flexibility index (Phi) is 4.24. The fourth-order valence-electron chi connectivity index (χ4n) is 1.33. The molecule has 4 nitrogen and oxygen atoms in total. The number of benzene rings is 1. The molecule has 1 N–H and O–H groups in total. The summed E-state index contributed by atoms with van der Waals surface area (Å²) in [6, 6.07) is 10.0. The smallest absolute Gasteiger partial charge is 0.200 e. The molecular formula is C12H11ClN2O2S2. The summed E-state index contributed by atoms with van der Waals surface area (Å²) in [5.41, 5.74) is 0.996. The minimum atomic E-state index is -3.62. The van der Waals surface area contributed by atoms with Gasteiger partial charge in [-0.2, -0.15) is 13.5 Å². The molecule has 0 saturated heterocycles. The summed E-state index contributed by atoms with van der Waals surface area (Å²) in [7, 11) is -3.62. The molecule has 0 aliphatic heterocycles. The van der Waals surface area contributed by atoms with Gasteiger partial charge in [-0.05, 0) is 31.2 Å². The SMILES string of the molecule is Cc1ccc(S(=O)(=O)N/N=C/c2ccc(Cl)s2)cc1. The van der Waals surface area contributed by atoms with Crippen molar-refractivity contribution >= 4 is 39.2 Å². The lowest BCUT2D eigenvalue weighted by Gasteiger charge is -2.02. The van der Waals surface area contributed by atoms with Crippen LogP contribution >= 0.6 is 22.9 Å². The van der Waals surface area contributed by atoms with Crippen molar-refractivity contribution in [3.05, 3.63) is 51.2 Å². The number of nitrogens with zero attached hydrogens (tertiary/aromatic N) is 1. The minimum Gasteiger partial charge on any atom is -0.200 e. The van der Waals surface area contributed by atoms with E-state index in [0.29, 0.717) is 4.34 Å². The highest BCUT2D eigenvalue weighted by molar-refractivity contribution is 7.89. The summed E-state index contributed by atoms with van der Waals surface area (Å²) in [5.74, 6) is 0. The molecule has 0 radical (unpaired) electrons. The van der Waals surface area contributed by atoms with E-state index in [2.05, 4.69) is 9.93 Å². The Morgan fingerprint density at radius 2 is 1.89 bits per heavy atom. The van der Waals surface area contributed by atoms with Crippen LogP contribution in [0, 0.1) is 6.92 Å². The van der Waals surface area contributed by atoms with Gasteiger partial charge in [0.1, 0.15) is 0 Å². The number of aryl methyl sites for hydroxylation is 1. The van der Waals surface area contributed by atoms with Gasteiger partial charge >= 0.3 is 0 Å². The summed E-state index contributed by atoms with van der Waals surface area (Å²) in [6.45, 7) is 1.89. The molecule has 1 aromatic heterocycles. The zero-order valence-corrected chi connectivity index (χ0v) is 12.4. The molecule has 0 fully saturated rings. The van der Waals surface area contributed by atoms with Gasteiger partial charge in [-0.15, -0.1) is 11.3 Å². The van der Waals surface area contributed by atoms with Crippen molar-refractivity contribution in [2.75, 3.05) is 0 Å². The second kappa shape index (κ2) is 5.73. The number of hydrogen-bond donors (Lipinski definition) is 1. The highest BCUT2D eigenvalue weighted by Crippen LogP contribution is 2.19. The summed E-state index contributed by atoms with van der Waals surface area (Å²) >= 11 is 7.08. The Labute approximate surface area is 120 Å². The van der Waals surface area contributed by atoms with Gasteiger partial charge in [-0.1, -0.05) is 29.3 Å². The van der Waals surface area contributed by atoms with Gasteiger partial charge in [0.2, 0.25) is 0 Å². The summed E-state index contributed by atoms with van der Waals surface area (Å²) < 4.78 is 24.4. The Bertz CT molecular complexity index is 691. The second-order valence-corrected chi connectivity index (χ2v) is 7.22. The topological polar surface area (TPSA) is 58.5 Å². The van der Waals surface area contributed by atoms with Crippen molar-refractivity contribution in [3.63, 3.8) is 0 Å². The number of sulfonamides is 1. The molecule has 0 aliphatic carbocycles. The third-order valence-electron chi connectivity index (χ3n) is 2.29. The molecule has 0 saturated carbocycles. The van der Waals surface area contributed by atoms with Crippen molar-refractivity contribution in [3.8, 4) is 0 Å². The standard InChI is InChI=1S/C12H11ClN2O2S2/c1-9-2-5-11(6-3-9)19(16,17)15-14-8-10-4-7-12(13)18-10/h2-8,15H,1H3/b14-8+. The van der Waals surface area contributed by atoms with Crippen LogP contribution in [0.3, 0.4) is 0 Å². The molecule has 0 aliphatic rings. The Hall–Kier alpha value is -1.37. The molecule has 0 unspecified atom stereocenters. The lowest BCUT2D eigenvalue weighted by Crippen LogP contribution is -2.18. The van der Waals surface area contributed by atoms with Gasteiger partial charge in [-0.3, -0.25) is 0 Å². The van der Waals surface area contributed by atoms with Crippen molar-refractivity contribution in [2.45, 2.75) is 11.8 Å². The van der Waals surface area contributed by atoms with E-state index >= 15 is 0 Å². The third-order valence-corrected chi connectivity index (χ3v) is 4.69. The van der Waals surface area contributed by atoms with Crippen LogP contribution in [0.5, 0.6) is 0 Å². The van der Waals surface area contributed by atoms with Crippen LogP contribution in [-0.4, -0.2) is 14.6 Å². The number of rotatable bonds is 4. The zero-order chi connectivity index (χ0) is 13.9. The summed E-state index contributed by atoms with van der Waals surface area (Å²) in [6.07, 6.45) is 1.42. The highest BCUT2D eigenvalue weighted by atomic mass is 35.5. The molecule has 2 rings (SSSR count). The van der Waals surface area contributed by atoms with E-state index in [4.69, 9.17) is 11.6 Å². The maximum absolute atomic E-state index is 11.9. The summed E-state index contributed by atoms with van der Waals surface area (Å²) in [4.78, 5) is 3.11. The Morgan fingerprint density at radius 3 is 2.47 bits per heavy atom. The number of hydrogen-bond acceptors (Lipinski definition) is 4. The van der Waals surface area contributed by atoms with Gasteiger partial charge < -0.3 is 0 Å². The van der Waals surface area contributed by atoms with E-state index in [1.165, 1.54) is 29.7 Å². The van der Waals surface area contributed by atoms with E-state index in [0.717, 1.165) is 10.4 Å². The van der Waals surface area contributed by atoms with E-state index in [-0.39, 0.29) is 4.90 Å². The predicted octanol–water partition coefficient (Wildman–Crippen LogP) is 3.02. The van der Waals surface area contributed by atoms with Gasteiger partial charge in [0, 0.05) is 4.88 Å². The van der Waals surface area contributed by atoms with Gasteiger partial charge in [0.25, 0.3) is 10.0 Å². The second-order valence-electron chi connectivity index (χ2n) is 3.81. The van der Waals surface area contributed by atoms with E-state index in [1.54, 1.807) is 24.3 Å². The average Bonchev–Trinajstić information content (AvgIpc) is 2.75. The first kappa shape index (κ1) is 14.0. The first-order valence-corrected chi connectivity index (χ1v) is 8.02. The zero-order valence-electron chi connectivity index (χ0n) is 10.00. The van der Waals surface area contributed by atoms with Crippen LogP contribution in [0.25, 0.3) is 0 Å². The van der Waals surface area contributed by atoms with Crippen LogP contribution in [-0.2, 0) is 10.0 Å². The van der Waals surface area contributed by atoms with Gasteiger partial charge in [0.15, 0.2) is 0 Å². The fourth-order valence-corrected chi connectivity index (χ4v) is 3.05. The number of thiophene rings is 1. The highest BCUT2D eigenvalue weighted by Gasteiger charge is 2.11. The van der Waals surface area contributed by atoms with Crippen molar-refractivity contribution in [2.24, 2.45) is 5.10 Å². The van der Waals surface area contributed by atoms with Gasteiger partial charge in [0.05, 0.1) is 15.4 Å². The first-order valence-electron chi connectivity index (χ1n) is 5.34. The molecule has 19 heavy (non-hydrogen) atoms. The van der Waals surface area contributed by atoms with Crippen molar-refractivity contribution in [1.29, 1.82) is 0 Å². The number of halogens is 1. The molecule has 0 spiro atoms. The molecule has 0 amide bonds. The van der Waals surface area contributed by atoms with E-state index in [1.807, 2.05) is 6.92 Å². The van der Waals surface area contributed by atoms with Crippen molar-refractivity contribution < 1.29 is 8.42 Å². The average molecular weight is 315 g/mol. The minimum absolute atomic E-state index is 0.180. The maximum Gasteiger partial charge on any atom is 0.276 e. The van der Waals surface area contributed by atoms with Gasteiger partial charge in [-0.25, -0.2) is 4.83 Å². The first-order chi connectivity index (χ1) is 8.97. The normalized spacial score (nSPS) is 11.9. The molecule has 0 bridgehead atoms. The molecule has 100 valence electrons. The van der Waals surface area contributed by atoms with E-state index < -0.39 is 10.0 Å². The number of nitrogens with one attached hydrogen (secondary N) is 1. The monoisotopic (exact) mass is 314 g/mol. The summed E-state index contributed by atoms with van der Waals surface area (Å²) in [5, 5.41) is 3.71. The molecule has 0 atom stereocenters. The van der Waals surface area contributed by atoms with Crippen LogP contribution in [0.15, 0.2) is 46.4 Å². The Morgan fingerprint density at radius 1 is 1.21 bits per heavy atom. The van der Waals surface area contributed by atoms with Crippen LogP contribution in [0.2, 0.25) is 4.34 Å². The quantitative estimate of drug-likeness (QED) is 0.696. The lowest BCUT2D eigenvalue weighted by molar-refractivity contribution is 0.584. The molecule has 7 heteroatoms. The predicted molar refractivity (Wildman–Crippen MR) is 78.4 cm³/mol.